The number of carbonyl (C=O) groups is 4. The Morgan fingerprint density at radius 3 is 2.50 bits per heavy atom. The second-order valence-corrected chi connectivity index (χ2v) is 9.25. The maximum Gasteiger partial charge on any atom is 0.224 e. The Hall–Kier alpha value is -2.45. The molecule has 0 aromatic rings. The number of aliphatic imine (C=N–C) groups is 1. The molecule has 1 aliphatic rings. The predicted octanol–water partition coefficient (Wildman–Crippen LogP) is 1.57. The lowest BCUT2D eigenvalue weighted by atomic mass is 9.83. The Balaban J connectivity index is 3.14. The third kappa shape index (κ3) is 8.96. The fourth-order valence-electron chi connectivity index (χ4n) is 3.84. The Kier molecular flexibility index (Phi) is 11.4. The zero-order chi connectivity index (χ0) is 24.3. The van der Waals surface area contributed by atoms with Crippen molar-refractivity contribution < 1.29 is 19.2 Å². The number of nitrogens with zero attached hydrogens (tertiary/aromatic N) is 1. The van der Waals surface area contributed by atoms with E-state index in [1.165, 1.54) is 0 Å². The summed E-state index contributed by atoms with van der Waals surface area (Å²) in [6.07, 6.45) is 4.43. The Morgan fingerprint density at radius 1 is 1.22 bits per heavy atom. The Labute approximate surface area is 191 Å². The number of hydrogen-bond donors (Lipinski definition) is 4. The van der Waals surface area contributed by atoms with Gasteiger partial charge < -0.3 is 22.1 Å². The Bertz CT molecular complexity index is 703. The van der Waals surface area contributed by atoms with E-state index in [1.807, 2.05) is 6.92 Å². The van der Waals surface area contributed by atoms with Crippen LogP contribution in [0.4, 0.5) is 0 Å². The number of rotatable bonds is 7. The molecule has 1 heterocycles. The normalized spacial score (nSPS) is 25.8. The largest absolute Gasteiger partial charge is 0.370 e. The van der Waals surface area contributed by atoms with E-state index >= 15 is 0 Å². The van der Waals surface area contributed by atoms with Gasteiger partial charge in [-0.15, -0.1) is 0 Å². The molecule has 0 bridgehead atoms. The molecule has 0 spiro atoms. The van der Waals surface area contributed by atoms with Crippen molar-refractivity contribution >= 4 is 29.3 Å². The summed E-state index contributed by atoms with van der Waals surface area (Å²) in [6, 6.07) is -0.550. The fraction of sp³-hybridized carbons (Fsp3) is 0.783. The standard InChI is InChI=1S/C23H41N5O4/c1-5-17-18(29)11-7-6-8-12-23(4,28-20(31)15(2)3)19(30)14-16(21(32)27-17)10-9-13-26-22(24)25/h15-17H,5-14H2,1-4H3,(H,27,32)(H,28,31)(H4,24,25,26)/t16-,17+,23+/m1/s1. The SMILES string of the molecule is CC[C@@H]1NC(=O)[C@H](CCCN=C(N)N)CC(=O)[C@@](C)(NC(=O)C(C)C)CCCCCC1=O. The van der Waals surface area contributed by atoms with Crippen molar-refractivity contribution in [2.75, 3.05) is 6.54 Å². The molecule has 9 heteroatoms. The molecule has 1 saturated heterocycles. The van der Waals surface area contributed by atoms with Crippen LogP contribution in [0, 0.1) is 11.8 Å². The molecule has 32 heavy (non-hydrogen) atoms. The molecule has 0 aliphatic carbocycles. The van der Waals surface area contributed by atoms with Crippen LogP contribution in [-0.2, 0) is 19.2 Å². The van der Waals surface area contributed by atoms with Crippen LogP contribution in [0.1, 0.15) is 85.5 Å². The fourth-order valence-corrected chi connectivity index (χ4v) is 3.84. The molecular weight excluding hydrogens is 410 g/mol. The van der Waals surface area contributed by atoms with E-state index in [0.717, 1.165) is 6.42 Å². The molecule has 3 atom stereocenters. The molecule has 0 saturated carbocycles. The van der Waals surface area contributed by atoms with E-state index in [0.29, 0.717) is 51.5 Å². The van der Waals surface area contributed by atoms with Crippen LogP contribution < -0.4 is 22.1 Å². The van der Waals surface area contributed by atoms with E-state index in [9.17, 15) is 19.2 Å². The number of ketones is 2. The summed E-state index contributed by atoms with van der Waals surface area (Å²) < 4.78 is 0. The van der Waals surface area contributed by atoms with Gasteiger partial charge in [-0.2, -0.15) is 0 Å². The van der Waals surface area contributed by atoms with Crippen LogP contribution in [0.2, 0.25) is 0 Å². The summed E-state index contributed by atoms with van der Waals surface area (Å²) in [5.41, 5.74) is 9.68. The summed E-state index contributed by atoms with van der Waals surface area (Å²) in [6.45, 7) is 7.50. The minimum Gasteiger partial charge on any atom is -0.370 e. The number of hydrogen-bond acceptors (Lipinski definition) is 5. The summed E-state index contributed by atoms with van der Waals surface area (Å²) >= 11 is 0. The third-order valence-electron chi connectivity index (χ3n) is 6.06. The third-order valence-corrected chi connectivity index (χ3v) is 6.06. The highest BCUT2D eigenvalue weighted by molar-refractivity contribution is 5.96. The molecule has 6 N–H and O–H groups in total. The first-order valence-electron chi connectivity index (χ1n) is 11.7. The minimum atomic E-state index is -1.05. The van der Waals surface area contributed by atoms with Gasteiger partial charge in [0.1, 0.15) is 0 Å². The number of nitrogens with one attached hydrogen (secondary N) is 2. The number of nitrogens with two attached hydrogens (primary N) is 2. The van der Waals surface area contributed by atoms with Crippen molar-refractivity contribution in [2.45, 2.75) is 97.1 Å². The molecule has 0 aromatic carbocycles. The molecule has 1 aliphatic heterocycles. The van der Waals surface area contributed by atoms with Crippen molar-refractivity contribution in [1.29, 1.82) is 0 Å². The zero-order valence-electron chi connectivity index (χ0n) is 20.0. The van der Waals surface area contributed by atoms with Gasteiger partial charge in [-0.25, -0.2) is 0 Å². The van der Waals surface area contributed by atoms with E-state index in [2.05, 4.69) is 15.6 Å². The lowest BCUT2D eigenvalue weighted by molar-refractivity contribution is -0.136. The number of carbonyl (C=O) groups excluding carboxylic acids is 4. The van der Waals surface area contributed by atoms with Gasteiger partial charge in [0.2, 0.25) is 11.8 Å². The zero-order valence-corrected chi connectivity index (χ0v) is 20.0. The van der Waals surface area contributed by atoms with Crippen molar-refractivity contribution in [3.63, 3.8) is 0 Å². The molecule has 2 amide bonds. The van der Waals surface area contributed by atoms with Crippen LogP contribution in [0.3, 0.4) is 0 Å². The van der Waals surface area contributed by atoms with Gasteiger partial charge in [-0.05, 0) is 39.0 Å². The van der Waals surface area contributed by atoms with Crippen LogP contribution in [0.25, 0.3) is 0 Å². The van der Waals surface area contributed by atoms with E-state index in [1.54, 1.807) is 20.8 Å². The second-order valence-electron chi connectivity index (χ2n) is 9.25. The quantitative estimate of drug-likeness (QED) is 0.261. The molecule has 9 nitrogen and oxygen atoms in total. The van der Waals surface area contributed by atoms with Gasteiger partial charge in [0.25, 0.3) is 0 Å². The maximum atomic E-state index is 13.4. The van der Waals surface area contributed by atoms with Gasteiger partial charge in [0, 0.05) is 31.2 Å². The minimum absolute atomic E-state index is 0.0153. The van der Waals surface area contributed by atoms with Crippen molar-refractivity contribution in [2.24, 2.45) is 28.3 Å². The topological polar surface area (TPSA) is 157 Å². The lowest BCUT2D eigenvalue weighted by Gasteiger charge is -2.32. The smallest absolute Gasteiger partial charge is 0.224 e. The number of guanidine groups is 1. The molecular formula is C23H41N5O4. The van der Waals surface area contributed by atoms with Gasteiger partial charge >= 0.3 is 0 Å². The van der Waals surface area contributed by atoms with Crippen molar-refractivity contribution in [3.05, 3.63) is 0 Å². The van der Waals surface area contributed by atoms with E-state index < -0.39 is 17.5 Å². The summed E-state index contributed by atoms with van der Waals surface area (Å²) in [7, 11) is 0. The summed E-state index contributed by atoms with van der Waals surface area (Å²) in [4.78, 5) is 55.4. The average Bonchev–Trinajstić information content (AvgIpc) is 2.72. The maximum absolute atomic E-state index is 13.4. The highest BCUT2D eigenvalue weighted by Crippen LogP contribution is 2.24. The van der Waals surface area contributed by atoms with Gasteiger partial charge in [0.05, 0.1) is 11.6 Å². The van der Waals surface area contributed by atoms with Crippen LogP contribution in [0.5, 0.6) is 0 Å². The molecule has 182 valence electrons. The molecule has 1 fully saturated rings. The second kappa shape index (κ2) is 13.2. The van der Waals surface area contributed by atoms with Gasteiger partial charge in [-0.3, -0.25) is 24.2 Å². The van der Waals surface area contributed by atoms with Crippen LogP contribution in [-0.4, -0.2) is 47.5 Å². The first-order valence-corrected chi connectivity index (χ1v) is 11.7. The monoisotopic (exact) mass is 451 g/mol. The van der Waals surface area contributed by atoms with Crippen molar-refractivity contribution in [1.82, 2.24) is 10.6 Å². The highest BCUT2D eigenvalue weighted by Gasteiger charge is 2.37. The molecule has 0 radical (unpaired) electrons. The predicted molar refractivity (Wildman–Crippen MR) is 125 cm³/mol. The summed E-state index contributed by atoms with van der Waals surface area (Å²) in [5.74, 6) is -1.59. The highest BCUT2D eigenvalue weighted by atomic mass is 16.2. The van der Waals surface area contributed by atoms with Gasteiger partial charge in [0.15, 0.2) is 17.5 Å². The van der Waals surface area contributed by atoms with Crippen LogP contribution in [0.15, 0.2) is 4.99 Å². The van der Waals surface area contributed by atoms with E-state index in [-0.39, 0.29) is 41.7 Å². The molecule has 0 aromatic heterocycles. The number of amides is 2. The summed E-state index contributed by atoms with van der Waals surface area (Å²) in [5, 5.41) is 5.76. The lowest BCUT2D eigenvalue weighted by Crippen LogP contribution is -2.54. The average molecular weight is 452 g/mol. The first-order chi connectivity index (χ1) is 15.0. The molecule has 0 unspecified atom stereocenters. The number of Topliss-reactive ketones (excluding diaryl/α,β-unsaturated/α-hetero) is 2. The Morgan fingerprint density at radius 2 is 1.91 bits per heavy atom. The van der Waals surface area contributed by atoms with Crippen molar-refractivity contribution in [3.8, 4) is 0 Å². The van der Waals surface area contributed by atoms with Crippen LogP contribution >= 0.6 is 0 Å². The van der Waals surface area contributed by atoms with E-state index in [4.69, 9.17) is 11.5 Å². The first kappa shape index (κ1) is 27.6. The molecule has 1 rings (SSSR count). The van der Waals surface area contributed by atoms with Gasteiger partial charge in [-0.1, -0.05) is 33.6 Å².